The van der Waals surface area contributed by atoms with Crippen LogP contribution in [0.15, 0.2) is 90.0 Å². The second-order valence-electron chi connectivity index (χ2n) is 7.68. The topological polar surface area (TPSA) is 50.0 Å². The van der Waals surface area contributed by atoms with Gasteiger partial charge in [-0.1, -0.05) is 36.4 Å². The average molecular weight is 414 g/mol. The van der Waals surface area contributed by atoms with E-state index in [-0.39, 0.29) is 6.03 Å². The molecule has 31 heavy (non-hydrogen) atoms. The third-order valence-electron chi connectivity index (χ3n) is 5.90. The maximum absolute atomic E-state index is 13.2. The second-order valence-corrected chi connectivity index (χ2v) is 7.68. The highest BCUT2D eigenvalue weighted by molar-refractivity contribution is 6.12. The molecule has 0 unspecified atom stereocenters. The molecule has 2 amide bonds. The van der Waals surface area contributed by atoms with E-state index >= 15 is 0 Å². The van der Waals surface area contributed by atoms with E-state index < -0.39 is 0 Å². The van der Waals surface area contributed by atoms with Crippen LogP contribution in [0.2, 0.25) is 0 Å². The van der Waals surface area contributed by atoms with Crippen LogP contribution in [-0.2, 0) is 0 Å². The van der Waals surface area contributed by atoms with Crippen LogP contribution in [-0.4, -0.2) is 32.0 Å². The molecule has 1 heterocycles. The van der Waals surface area contributed by atoms with Gasteiger partial charge in [0.2, 0.25) is 5.84 Å². The monoisotopic (exact) mass is 413 g/mol. The first kappa shape index (κ1) is 20.6. The van der Waals surface area contributed by atoms with E-state index in [1.54, 1.807) is 0 Å². The molecule has 3 aromatic carbocycles. The highest BCUT2D eigenvalue weighted by Crippen LogP contribution is 2.26. The first-order valence-electron chi connectivity index (χ1n) is 10.6. The summed E-state index contributed by atoms with van der Waals surface area (Å²) in [5.41, 5.74) is 8.08. The molecule has 0 saturated heterocycles. The summed E-state index contributed by atoms with van der Waals surface area (Å²) in [6.45, 7) is 6.41. The lowest BCUT2D eigenvalue weighted by molar-refractivity contribution is 0.249. The summed E-state index contributed by atoms with van der Waals surface area (Å²) in [7, 11) is 2.23. The van der Waals surface area contributed by atoms with E-state index in [0.29, 0.717) is 17.2 Å². The molecule has 4 rings (SSSR count). The molecule has 0 saturated carbocycles. The molecule has 0 aliphatic carbocycles. The van der Waals surface area contributed by atoms with Gasteiger partial charge in [-0.2, -0.15) is 10.0 Å². The number of hydrogen-bond donors (Lipinski definition) is 0. The van der Waals surface area contributed by atoms with Crippen molar-refractivity contribution in [1.29, 1.82) is 0 Å². The van der Waals surface area contributed by atoms with Gasteiger partial charge in [0.15, 0.2) is 0 Å². The van der Waals surface area contributed by atoms with Crippen LogP contribution in [0.5, 0.6) is 0 Å². The zero-order valence-electron chi connectivity index (χ0n) is 18.1. The van der Waals surface area contributed by atoms with Crippen LogP contribution in [0, 0.1) is 0 Å². The zero-order chi connectivity index (χ0) is 21.8. The molecule has 0 spiro atoms. The first-order chi connectivity index (χ1) is 15.1. The number of quaternary nitrogens is 1. The van der Waals surface area contributed by atoms with Crippen molar-refractivity contribution in [1.82, 2.24) is 9.91 Å². The maximum Gasteiger partial charge on any atom is 0.370 e. The average Bonchev–Trinajstić information content (AvgIpc) is 2.85. The number of amidine groups is 1. The van der Waals surface area contributed by atoms with Gasteiger partial charge in [-0.3, -0.25) is 4.48 Å². The molecular formula is C25H27N5O+. The smallest absolute Gasteiger partial charge is 0.294 e. The number of para-hydroxylation sites is 2. The minimum atomic E-state index is -0.320. The molecule has 1 radical (unpaired) electrons. The van der Waals surface area contributed by atoms with Gasteiger partial charge in [-0.05, 0) is 62.4 Å². The number of anilines is 2. The van der Waals surface area contributed by atoms with Crippen LogP contribution in [0.4, 0.5) is 21.9 Å². The molecule has 0 N–H and O–H groups in total. The molecule has 157 valence electrons. The summed E-state index contributed by atoms with van der Waals surface area (Å²) in [5, 5.41) is 7.41. The molecule has 3 aromatic rings. The predicted molar refractivity (Wildman–Crippen MR) is 127 cm³/mol. The van der Waals surface area contributed by atoms with Gasteiger partial charge in [0.1, 0.15) is 5.69 Å². The quantitative estimate of drug-likeness (QED) is 0.525. The van der Waals surface area contributed by atoms with E-state index in [0.717, 1.165) is 23.1 Å². The van der Waals surface area contributed by atoms with Crippen LogP contribution in [0.3, 0.4) is 0 Å². The molecule has 1 aliphatic heterocycles. The summed E-state index contributed by atoms with van der Waals surface area (Å²) >= 11 is 0. The highest BCUT2D eigenvalue weighted by Gasteiger charge is 2.32. The van der Waals surface area contributed by atoms with E-state index in [9.17, 15) is 4.79 Å². The Morgan fingerprint density at radius 2 is 1.26 bits per heavy atom. The number of hydrazone groups is 1. The van der Waals surface area contributed by atoms with Crippen molar-refractivity contribution in [3.05, 3.63) is 90.5 Å². The fourth-order valence-electron chi connectivity index (χ4n) is 3.53. The lowest BCUT2D eigenvalue weighted by Gasteiger charge is -2.33. The Morgan fingerprint density at radius 3 is 1.77 bits per heavy atom. The van der Waals surface area contributed by atoms with Crippen molar-refractivity contribution < 1.29 is 4.79 Å². The fourth-order valence-corrected chi connectivity index (χ4v) is 3.53. The van der Waals surface area contributed by atoms with Crippen molar-refractivity contribution in [2.45, 2.75) is 13.8 Å². The normalized spacial score (nSPS) is 14.3. The first-order valence-corrected chi connectivity index (χ1v) is 10.6. The summed E-state index contributed by atoms with van der Waals surface area (Å²) < 4.78 is 0.856. The SMILES string of the molecule is CC[N+](C)(CC)c1ccc(C2=NN(c3ccccc3)C(=O)N(c3ccccc3)[N]2)cc1. The number of nitrogens with zero attached hydrogens (tertiary/aromatic N) is 5. The fraction of sp³-hybridized carbons (Fsp3) is 0.200. The van der Waals surface area contributed by atoms with Gasteiger partial charge in [-0.15, -0.1) is 10.5 Å². The Kier molecular flexibility index (Phi) is 5.73. The van der Waals surface area contributed by atoms with E-state index in [4.69, 9.17) is 0 Å². The van der Waals surface area contributed by atoms with Crippen LogP contribution < -0.4 is 19.9 Å². The molecule has 0 atom stereocenters. The second kappa shape index (κ2) is 8.62. The molecule has 1 aliphatic rings. The van der Waals surface area contributed by atoms with Crippen molar-refractivity contribution in [2.24, 2.45) is 5.10 Å². The Bertz CT molecular complexity index is 1060. The van der Waals surface area contributed by atoms with Crippen molar-refractivity contribution in [3.8, 4) is 0 Å². The standard InChI is InChI=1S/C25H27N5O/c1-4-30(3,5-2)23-18-16-20(17-19-23)24-26-28(21-12-8-6-9-13-21)25(31)29(27-24)22-14-10-7-11-15-22/h6-19H,4-5H2,1-3H3/q+1. The van der Waals surface area contributed by atoms with E-state index in [1.165, 1.54) is 15.7 Å². The molecule has 0 bridgehead atoms. The largest absolute Gasteiger partial charge is 0.370 e. The van der Waals surface area contributed by atoms with Gasteiger partial charge in [-0.25, -0.2) is 4.79 Å². The Labute approximate surface area is 183 Å². The lowest BCUT2D eigenvalue weighted by Crippen LogP contribution is -2.52. The molecule has 0 aromatic heterocycles. The number of rotatable bonds is 6. The minimum Gasteiger partial charge on any atom is -0.294 e. The summed E-state index contributed by atoms with van der Waals surface area (Å²) in [5.74, 6) is 0.487. The highest BCUT2D eigenvalue weighted by atomic mass is 16.2. The third-order valence-corrected chi connectivity index (χ3v) is 5.90. The summed E-state index contributed by atoms with van der Waals surface area (Å²) in [4.78, 5) is 13.2. The van der Waals surface area contributed by atoms with Gasteiger partial charge < -0.3 is 0 Å². The van der Waals surface area contributed by atoms with E-state index in [1.807, 2.05) is 72.8 Å². The number of hydrogen-bond acceptors (Lipinski definition) is 2. The van der Waals surface area contributed by atoms with Gasteiger partial charge in [0, 0.05) is 5.56 Å². The number of carbonyl (C=O) groups excluding carboxylic acids is 1. The Morgan fingerprint density at radius 1 is 0.742 bits per heavy atom. The van der Waals surface area contributed by atoms with Crippen molar-refractivity contribution >= 4 is 28.9 Å². The van der Waals surface area contributed by atoms with Crippen molar-refractivity contribution in [3.63, 3.8) is 0 Å². The number of amides is 2. The third kappa shape index (κ3) is 4.02. The van der Waals surface area contributed by atoms with Gasteiger partial charge >= 0.3 is 6.03 Å². The predicted octanol–water partition coefficient (Wildman–Crippen LogP) is 4.99. The van der Waals surface area contributed by atoms with Crippen LogP contribution >= 0.6 is 0 Å². The maximum atomic E-state index is 13.2. The Hall–Kier alpha value is -3.64. The number of urea groups is 1. The summed E-state index contributed by atoms with van der Waals surface area (Å²) in [6, 6.07) is 26.8. The number of benzene rings is 3. The van der Waals surface area contributed by atoms with Crippen LogP contribution in [0.1, 0.15) is 19.4 Å². The zero-order valence-corrected chi connectivity index (χ0v) is 18.1. The summed E-state index contributed by atoms with van der Waals surface area (Å²) in [6.07, 6.45) is 0. The molecular weight excluding hydrogens is 386 g/mol. The van der Waals surface area contributed by atoms with Gasteiger partial charge in [0.05, 0.1) is 31.5 Å². The molecule has 6 heteroatoms. The molecule has 6 nitrogen and oxygen atoms in total. The Balaban J connectivity index is 1.74. The van der Waals surface area contributed by atoms with E-state index in [2.05, 4.69) is 43.6 Å². The van der Waals surface area contributed by atoms with Crippen molar-refractivity contribution in [2.75, 3.05) is 30.2 Å². The number of carbonyl (C=O) groups is 1. The lowest BCUT2D eigenvalue weighted by atomic mass is 10.1. The molecule has 0 fully saturated rings. The van der Waals surface area contributed by atoms with Crippen LogP contribution in [0.25, 0.3) is 0 Å². The van der Waals surface area contributed by atoms with Gasteiger partial charge in [0.25, 0.3) is 0 Å². The minimum absolute atomic E-state index is 0.320.